The Morgan fingerprint density at radius 2 is 0.788 bits per heavy atom. The monoisotopic (exact) mass is 1900 g/mol. The number of carbonyl (C=O) groups excluding carboxylic acids is 4. The van der Waals surface area contributed by atoms with Gasteiger partial charge in [-0.1, -0.05) is 122 Å². The van der Waals surface area contributed by atoms with Crippen LogP contribution in [0.4, 0.5) is 14.4 Å². The zero-order chi connectivity index (χ0) is 92.9. The van der Waals surface area contributed by atoms with Crippen LogP contribution in [0.2, 0.25) is 0 Å². The second-order valence-corrected chi connectivity index (χ2v) is 45.2. The number of fused-ring (bicyclic) bond motifs is 24. The average molecular weight is 1900 g/mol. The molecule has 0 radical (unpaired) electrons. The first-order valence-electron chi connectivity index (χ1n) is 48.9. The number of aliphatic hydroxyl groups excluding tert-OH is 4. The molecule has 19 N–H and O–H groups in total. The van der Waals surface area contributed by atoms with Crippen molar-refractivity contribution in [3.63, 3.8) is 0 Å². The first kappa shape index (κ1) is 111. The Morgan fingerprint density at radius 1 is 0.402 bits per heavy atom. The van der Waals surface area contributed by atoms with Crippen molar-refractivity contribution >= 4 is 65.1 Å². The van der Waals surface area contributed by atoms with Crippen LogP contribution in [0, 0.1) is 148 Å². The maximum atomic E-state index is 11.6. The van der Waals surface area contributed by atoms with Crippen molar-refractivity contribution < 1.29 is 150 Å². The molecule has 29 heteroatoms. The number of amides is 3. The minimum Gasteiger partial charge on any atom is -0.870 e. The Bertz CT molecular complexity index is 4030. The summed E-state index contributed by atoms with van der Waals surface area (Å²) >= 11 is 8.26. The van der Waals surface area contributed by atoms with E-state index in [2.05, 4.69) is 165 Å². The van der Waals surface area contributed by atoms with Crippen LogP contribution < -0.4 is 126 Å². The van der Waals surface area contributed by atoms with E-state index >= 15 is 0 Å². The number of carbonyl (C=O) groups is 4. The number of hydrogen-bond acceptors (Lipinski definition) is 22. The topological polar surface area (TPSA) is 457 Å². The summed E-state index contributed by atoms with van der Waals surface area (Å²) in [5, 5.41) is 66.2. The molecule has 0 aliphatic heterocycles. The minimum atomic E-state index is -0.614. The fourth-order valence-electron chi connectivity index (χ4n) is 25.3. The Kier molecular flexibility index (Phi) is 42.8. The van der Waals surface area contributed by atoms with E-state index in [0.29, 0.717) is 119 Å². The van der Waals surface area contributed by atoms with Gasteiger partial charge in [0, 0.05) is 72.0 Å². The molecule has 25 nitrogen and oxygen atoms in total. The average Bonchev–Trinajstić information content (AvgIpc) is 1.66. The number of hydrogen-bond donors (Lipinski definition) is 13. The number of nitrogens with two attached hydrogens (primary N) is 5. The number of aliphatic carboxylic acids is 1. The summed E-state index contributed by atoms with van der Waals surface area (Å²) in [5.74, 6) is 14.7. The molecule has 132 heavy (non-hydrogen) atoms. The van der Waals surface area contributed by atoms with E-state index in [1.54, 1.807) is 6.08 Å². The number of nitrogens with one attached hydrogen (secondary N) is 3. The number of ether oxygens (including phenoxy) is 3. The van der Waals surface area contributed by atoms with Gasteiger partial charge in [-0.05, 0) is 366 Å². The number of aliphatic hydroxyl groups is 4. The van der Waals surface area contributed by atoms with Gasteiger partial charge in [-0.15, -0.1) is 0 Å². The van der Waals surface area contributed by atoms with Gasteiger partial charge in [-0.2, -0.15) is 5.16 Å². The van der Waals surface area contributed by atoms with E-state index < -0.39 is 28.9 Å². The Hall–Kier alpha value is -4.26. The van der Waals surface area contributed by atoms with Gasteiger partial charge in [0.25, 0.3) is 0 Å². The molecule has 0 aromatic rings. The molecule has 0 heterocycles. The van der Waals surface area contributed by atoms with E-state index in [0.717, 1.165) is 143 Å². The van der Waals surface area contributed by atoms with Gasteiger partial charge < -0.3 is 95.2 Å². The van der Waals surface area contributed by atoms with E-state index in [1.165, 1.54) is 88.6 Å². The molecular formula is C103H155KN11NaO14S2. The largest absolute Gasteiger partial charge is 1.00 e. The summed E-state index contributed by atoms with van der Waals surface area (Å²) in [5.41, 5.74) is 27.5. The van der Waals surface area contributed by atoms with E-state index in [1.807, 2.05) is 68.4 Å². The number of isothiocyanates is 2. The first-order chi connectivity index (χ1) is 61.2. The zero-order valence-electron chi connectivity index (χ0n) is 80.3. The number of rotatable bonds is 6. The molecule has 0 saturated heterocycles. The number of thiocarbonyl (C=S) groups is 2. The van der Waals surface area contributed by atoms with Crippen LogP contribution in [-0.4, -0.2) is 167 Å². The molecule has 36 atom stereocenters. The third-order valence-corrected chi connectivity index (χ3v) is 31.7. The van der Waals surface area contributed by atoms with E-state index in [4.69, 9.17) is 53.4 Å². The fourth-order valence-corrected chi connectivity index (χ4v) is 25.4. The summed E-state index contributed by atoms with van der Waals surface area (Å²) in [4.78, 5) is 63.0. The summed E-state index contributed by atoms with van der Waals surface area (Å²) in [6.45, 7) is 16.7. The van der Waals surface area contributed by atoms with Gasteiger partial charge in [-0.3, -0.25) is 4.79 Å². The Morgan fingerprint density at radius 3 is 1.04 bits per heavy atom. The summed E-state index contributed by atoms with van der Waals surface area (Å²) in [7, 11) is 0. The molecule has 0 spiro atoms. The number of nitrogens with zero attached hydrogens (tertiary/aromatic N) is 3. The molecule has 24 aliphatic carbocycles. The number of aliphatic imine (C=N–C) groups is 2. The summed E-state index contributed by atoms with van der Waals surface area (Å²) in [6, 6.07) is 3.42. The number of carboxylic acid groups (broad SMARTS) is 1. The van der Waals surface area contributed by atoms with Gasteiger partial charge in [0.15, 0.2) is 0 Å². The van der Waals surface area contributed by atoms with E-state index in [9.17, 15) is 44.4 Å². The molecular weight excluding hydrogens is 1740 g/mol. The van der Waals surface area contributed by atoms with E-state index in [-0.39, 0.29) is 153 Å². The van der Waals surface area contributed by atoms with Gasteiger partial charge in [0.2, 0.25) is 6.08 Å². The number of isocyanates is 1. The number of carboxylic acids is 1. The van der Waals surface area contributed by atoms with Crippen molar-refractivity contribution in [2.24, 2.45) is 187 Å². The first-order valence-corrected chi connectivity index (χ1v) is 49.8. The molecule has 36 unspecified atom stereocenters. The van der Waals surface area contributed by atoms with Crippen molar-refractivity contribution in [1.29, 1.82) is 0 Å². The smallest absolute Gasteiger partial charge is 0.870 e. The predicted molar refractivity (Wildman–Crippen MR) is 514 cm³/mol. The predicted octanol–water partition coefficient (Wildman–Crippen LogP) is 10.3. The number of alkyl carbamates (subject to hydrolysis) is 3. The van der Waals surface area contributed by atoms with Crippen molar-refractivity contribution in [2.45, 2.75) is 325 Å². The molecule has 24 bridgehead atoms. The van der Waals surface area contributed by atoms with Crippen LogP contribution in [-0.2, 0) is 23.8 Å². The van der Waals surface area contributed by atoms with Crippen molar-refractivity contribution in [3.8, 4) is 0 Å². The third-order valence-electron chi connectivity index (χ3n) is 31.6. The van der Waals surface area contributed by atoms with Gasteiger partial charge >= 0.3 is 105 Å². The van der Waals surface area contributed by atoms with Crippen molar-refractivity contribution in [2.75, 3.05) is 0 Å². The molecule has 0 aromatic carbocycles. The van der Waals surface area contributed by atoms with Gasteiger partial charge in [0.1, 0.15) is 16.8 Å². The van der Waals surface area contributed by atoms with Crippen LogP contribution in [0.15, 0.2) is 131 Å². The molecule has 24 rings (SSSR count). The van der Waals surface area contributed by atoms with Gasteiger partial charge in [0.05, 0.1) is 47.2 Å². The maximum absolute atomic E-state index is 11.6. The second-order valence-electron chi connectivity index (χ2n) is 44.8. The molecule has 14 fully saturated rings. The summed E-state index contributed by atoms with van der Waals surface area (Å²) in [6.07, 6.45) is 72.2. The van der Waals surface area contributed by atoms with Crippen LogP contribution in [0.3, 0.4) is 0 Å². The molecule has 0 aromatic heterocycles. The third kappa shape index (κ3) is 32.4. The Labute approximate surface area is 860 Å². The van der Waals surface area contributed by atoms with Crippen LogP contribution >= 0.6 is 24.4 Å². The van der Waals surface area contributed by atoms with Gasteiger partial charge in [-0.25, -0.2) is 29.2 Å². The maximum Gasteiger partial charge on any atom is 1.00 e. The SMILES string of the molecule is C1=CC2C=CC1C2.CC(C)(C)OC(=O)NC1CC2C=C(O)C1C2.CC(C)(C)OC(=O)NC1CC2C=CC1C2.CC(C)(C)OC(=O)NC1CC2CC1CC2O.NC1CC2C=CC1C2.NC1CC2C=CC1C2.NC1CC2C=CC1C2.NC1CC2CC(O)C1C2.NC1CC2CC1CC2O.O=C(O)C1CC2C=CC1C2.O=C=NC1CC2C=CC1C2.S=C=NC1CC2C=CC1C2.[K+].[N-]=C=S.[Na+].[OH-]. The normalized spacial score (nSPS) is 41.1. The van der Waals surface area contributed by atoms with Crippen LogP contribution in [0.25, 0.3) is 5.41 Å². The van der Waals surface area contributed by atoms with Crippen molar-refractivity contribution in [3.05, 3.63) is 127 Å². The minimum absolute atomic E-state index is 0. The molecule has 24 aliphatic rings. The quantitative estimate of drug-likeness (QED) is 0.0293. The van der Waals surface area contributed by atoms with Crippen LogP contribution in [0.1, 0.15) is 229 Å². The zero-order valence-corrected chi connectivity index (χ0v) is 87.0. The second kappa shape index (κ2) is 50.7. The Balaban J connectivity index is 0.000000162. The molecule has 720 valence electrons. The number of allylic oxidation sites excluding steroid dienone is 13. The fraction of sp³-hybridized carbons (Fsp3) is 0.738. The standard InChI is InChI=1S/C12H21NO3.C12H19NO3.C12H19NO2.C8H9NO.C8H9NS.C8H10O2.2C7H13NO.3C7H11N.C7H8.CNS.K.Na.H2O/c1-12(2,3)16-11(15)13-9-5-8-4-7(9)6-10(8)14;1-12(2,3)16-11(15)13-9-5-7-4-8(9)10(14)6-7;1-12(2,3)15-11(14)13-10-7-8-4-5-9(10)6-8;2*10-5-9-8-4-6-1-2-7(8)3-6;9-8(10)7-4-5-1-2-6(7)3-5;8-6-2-5-1-4(6)3-7(5)9;8-6-2-4-1-5(6)7(9)3-4;3*8-7-4-5-1-2-6(7)3-5;1-2-7-4-3-6(1)5-7;2-1-3;;;/h7-10,14H,4-6H2,1-3H3,(H,13,15);6-9,14H,4-5H2,1-3H3,(H,13,15);4-5,8-10H,6-7H2,1-3H3,(H,13,14);2*1-2,6-8H,3-4H2;1-2,5-7H,3-4H2,(H,9,10);2*4-7,9H,1-3,8H2;3*1-2,5-7H,3-4,8H2;1-4,6-7H,5H2;;;;1H2/q;;;;;;;;;;;;-1;2*+1;/p-1. The van der Waals surface area contributed by atoms with Crippen LogP contribution in [0.5, 0.6) is 0 Å². The molecule has 14 saturated carbocycles. The summed E-state index contributed by atoms with van der Waals surface area (Å²) < 4.78 is 15.6. The molecule has 3 amide bonds. The van der Waals surface area contributed by atoms with Crippen molar-refractivity contribution in [1.82, 2.24) is 16.0 Å².